The third-order valence-electron chi connectivity index (χ3n) is 3.22. The average Bonchev–Trinajstić information content (AvgIpc) is 2.56. The lowest BCUT2D eigenvalue weighted by molar-refractivity contribution is -0.116. The van der Waals surface area contributed by atoms with E-state index in [9.17, 15) is 14.0 Å². The fourth-order valence-corrected chi connectivity index (χ4v) is 3.00. The van der Waals surface area contributed by atoms with Crippen LogP contribution in [0.4, 0.5) is 15.8 Å². The summed E-state index contributed by atoms with van der Waals surface area (Å²) in [6.45, 7) is 1.41. The quantitative estimate of drug-likeness (QED) is 0.733. The molecule has 25 heavy (non-hydrogen) atoms. The van der Waals surface area contributed by atoms with Gasteiger partial charge in [0.1, 0.15) is 11.6 Å². The van der Waals surface area contributed by atoms with Gasteiger partial charge in [-0.3, -0.25) is 9.59 Å². The van der Waals surface area contributed by atoms with Gasteiger partial charge in [0.15, 0.2) is 0 Å². The Hall–Kier alpha value is -2.54. The molecule has 0 aromatic heterocycles. The number of amides is 2. The number of hydrogen-bond donors (Lipinski definition) is 2. The van der Waals surface area contributed by atoms with Gasteiger partial charge in [-0.05, 0) is 30.3 Å². The highest BCUT2D eigenvalue weighted by atomic mass is 32.2. The minimum absolute atomic E-state index is 0.205. The molecule has 2 aromatic rings. The Kier molecular flexibility index (Phi) is 6.82. The lowest BCUT2D eigenvalue weighted by Gasteiger charge is -2.12. The molecule has 0 bridgehead atoms. The van der Waals surface area contributed by atoms with Crippen molar-refractivity contribution in [3.05, 3.63) is 48.3 Å². The van der Waals surface area contributed by atoms with E-state index in [4.69, 9.17) is 4.74 Å². The van der Waals surface area contributed by atoms with Crippen molar-refractivity contribution < 1.29 is 18.7 Å². The molecule has 0 atom stereocenters. The molecule has 0 aliphatic heterocycles. The number of thioether (sulfide) groups is 1. The first-order valence-electron chi connectivity index (χ1n) is 7.62. The van der Waals surface area contributed by atoms with Crippen LogP contribution in [-0.4, -0.2) is 24.7 Å². The fraction of sp³-hybridized carbons (Fsp3) is 0.222. The zero-order chi connectivity index (χ0) is 18.2. The zero-order valence-electron chi connectivity index (χ0n) is 14.0. The topological polar surface area (TPSA) is 67.4 Å². The Bertz CT molecular complexity index is 768. The molecule has 2 amide bonds. The first-order chi connectivity index (χ1) is 12.0. The number of benzene rings is 2. The third-order valence-corrected chi connectivity index (χ3v) is 4.27. The number of carbonyl (C=O) groups excluding carboxylic acids is 2. The molecule has 0 unspecified atom stereocenters. The largest absolute Gasteiger partial charge is 0.495 e. The van der Waals surface area contributed by atoms with Crippen molar-refractivity contribution in [1.29, 1.82) is 0 Å². The van der Waals surface area contributed by atoms with Crippen LogP contribution >= 0.6 is 11.8 Å². The van der Waals surface area contributed by atoms with Gasteiger partial charge in [0.05, 0.1) is 12.8 Å². The molecule has 0 heterocycles. The lowest BCUT2D eigenvalue weighted by atomic mass is 10.2. The molecule has 132 valence electrons. The summed E-state index contributed by atoms with van der Waals surface area (Å²) < 4.78 is 18.7. The van der Waals surface area contributed by atoms with Crippen LogP contribution in [0, 0.1) is 5.82 Å². The smallest absolute Gasteiger partial charge is 0.225 e. The Balaban J connectivity index is 1.95. The number of anilines is 2. The first kappa shape index (κ1) is 18.8. The maximum absolute atomic E-state index is 13.5. The Morgan fingerprint density at radius 2 is 1.92 bits per heavy atom. The minimum Gasteiger partial charge on any atom is -0.495 e. The van der Waals surface area contributed by atoms with Crippen LogP contribution in [0.5, 0.6) is 5.75 Å². The van der Waals surface area contributed by atoms with Crippen molar-refractivity contribution >= 4 is 35.0 Å². The van der Waals surface area contributed by atoms with Gasteiger partial charge in [-0.25, -0.2) is 4.39 Å². The second kappa shape index (κ2) is 9.08. The molecule has 0 aliphatic carbocycles. The summed E-state index contributed by atoms with van der Waals surface area (Å²) in [5, 5.41) is 5.40. The Morgan fingerprint density at radius 3 is 2.60 bits per heavy atom. The minimum atomic E-state index is -0.294. The van der Waals surface area contributed by atoms with Crippen molar-refractivity contribution in [2.75, 3.05) is 23.5 Å². The summed E-state index contributed by atoms with van der Waals surface area (Å²) in [5.74, 6) is 0.216. The monoisotopic (exact) mass is 362 g/mol. The number of halogens is 1. The van der Waals surface area contributed by atoms with Gasteiger partial charge in [0.2, 0.25) is 11.8 Å². The van der Waals surface area contributed by atoms with Crippen molar-refractivity contribution in [2.24, 2.45) is 0 Å². The second-order valence-electron chi connectivity index (χ2n) is 5.17. The predicted molar refractivity (Wildman–Crippen MR) is 97.7 cm³/mol. The SMILES string of the molecule is COc1ccc(NC(C)=O)cc1NC(=O)CCSc1ccccc1F. The Morgan fingerprint density at radius 1 is 1.16 bits per heavy atom. The van der Waals surface area contributed by atoms with Gasteiger partial charge in [-0.2, -0.15) is 0 Å². The van der Waals surface area contributed by atoms with E-state index in [0.717, 1.165) is 0 Å². The lowest BCUT2D eigenvalue weighted by Crippen LogP contribution is -2.14. The van der Waals surface area contributed by atoms with Gasteiger partial charge < -0.3 is 15.4 Å². The third kappa shape index (κ3) is 5.79. The number of methoxy groups -OCH3 is 1. The van der Waals surface area contributed by atoms with E-state index < -0.39 is 0 Å². The molecule has 7 heteroatoms. The average molecular weight is 362 g/mol. The standard InChI is InChI=1S/C18H19FN2O3S/c1-12(22)20-13-7-8-16(24-2)15(11-13)21-18(23)9-10-25-17-6-4-3-5-14(17)19/h3-8,11H,9-10H2,1-2H3,(H,20,22)(H,21,23). The predicted octanol–water partition coefficient (Wildman–Crippen LogP) is 3.91. The molecular weight excluding hydrogens is 343 g/mol. The van der Waals surface area contributed by atoms with Crippen LogP contribution in [0.2, 0.25) is 0 Å². The number of rotatable bonds is 7. The molecule has 2 rings (SSSR count). The van der Waals surface area contributed by atoms with Crippen molar-refractivity contribution in [2.45, 2.75) is 18.2 Å². The van der Waals surface area contributed by atoms with Crippen LogP contribution in [0.1, 0.15) is 13.3 Å². The highest BCUT2D eigenvalue weighted by Crippen LogP contribution is 2.28. The first-order valence-corrected chi connectivity index (χ1v) is 8.61. The van der Waals surface area contributed by atoms with Crippen LogP contribution < -0.4 is 15.4 Å². The van der Waals surface area contributed by atoms with E-state index in [1.165, 1.54) is 31.9 Å². The maximum Gasteiger partial charge on any atom is 0.225 e. The second-order valence-corrected chi connectivity index (χ2v) is 6.31. The normalized spacial score (nSPS) is 10.2. The van der Waals surface area contributed by atoms with Crippen LogP contribution in [0.15, 0.2) is 47.4 Å². The molecule has 2 aromatic carbocycles. The van der Waals surface area contributed by atoms with Gasteiger partial charge >= 0.3 is 0 Å². The van der Waals surface area contributed by atoms with Crippen molar-refractivity contribution in [3.8, 4) is 5.75 Å². The molecule has 0 saturated heterocycles. The van der Waals surface area contributed by atoms with Gasteiger partial charge in [0, 0.05) is 29.7 Å². The van der Waals surface area contributed by atoms with Crippen LogP contribution in [0.3, 0.4) is 0 Å². The molecular formula is C18H19FN2O3S. The molecule has 0 saturated carbocycles. The van der Waals surface area contributed by atoms with Crippen molar-refractivity contribution in [3.63, 3.8) is 0 Å². The van der Waals surface area contributed by atoms with Gasteiger partial charge in [-0.15, -0.1) is 11.8 Å². The molecule has 0 radical (unpaired) electrons. The van der Waals surface area contributed by atoms with E-state index in [2.05, 4.69) is 10.6 Å². The highest BCUT2D eigenvalue weighted by molar-refractivity contribution is 7.99. The zero-order valence-corrected chi connectivity index (χ0v) is 14.8. The van der Waals surface area contributed by atoms with E-state index >= 15 is 0 Å². The molecule has 2 N–H and O–H groups in total. The summed E-state index contributed by atoms with van der Waals surface area (Å²) in [6, 6.07) is 11.4. The summed E-state index contributed by atoms with van der Waals surface area (Å²) in [7, 11) is 1.50. The summed E-state index contributed by atoms with van der Waals surface area (Å²) in [6.07, 6.45) is 0.215. The van der Waals surface area contributed by atoms with Crippen molar-refractivity contribution in [1.82, 2.24) is 0 Å². The maximum atomic E-state index is 13.5. The van der Waals surface area contributed by atoms with Gasteiger partial charge in [0.25, 0.3) is 0 Å². The Labute approximate surface area is 150 Å². The molecule has 5 nitrogen and oxygen atoms in total. The van der Waals surface area contributed by atoms with E-state index in [0.29, 0.717) is 27.8 Å². The number of hydrogen-bond acceptors (Lipinski definition) is 4. The number of ether oxygens (including phenoxy) is 1. The van der Waals surface area contributed by atoms with Crippen LogP contribution in [0.25, 0.3) is 0 Å². The van der Waals surface area contributed by atoms with E-state index in [1.807, 2.05) is 0 Å². The molecule has 0 spiro atoms. The number of carbonyl (C=O) groups is 2. The molecule has 0 fully saturated rings. The summed E-state index contributed by atoms with van der Waals surface area (Å²) in [5.41, 5.74) is 1.03. The van der Waals surface area contributed by atoms with Gasteiger partial charge in [-0.1, -0.05) is 12.1 Å². The molecule has 0 aliphatic rings. The number of nitrogens with one attached hydrogen (secondary N) is 2. The fourth-order valence-electron chi connectivity index (χ4n) is 2.11. The summed E-state index contributed by atoms with van der Waals surface area (Å²) in [4.78, 5) is 23.8. The van der Waals surface area contributed by atoms with E-state index in [-0.39, 0.29) is 24.1 Å². The highest BCUT2D eigenvalue weighted by Gasteiger charge is 2.10. The van der Waals surface area contributed by atoms with Crippen LogP contribution in [-0.2, 0) is 9.59 Å². The summed E-state index contributed by atoms with van der Waals surface area (Å²) >= 11 is 1.28. The van der Waals surface area contributed by atoms with E-state index in [1.54, 1.807) is 36.4 Å².